The van der Waals surface area contributed by atoms with E-state index in [-0.39, 0.29) is 17.2 Å². The molecule has 2 aromatic carbocycles. The predicted octanol–water partition coefficient (Wildman–Crippen LogP) is 5.55. The zero-order valence-corrected chi connectivity index (χ0v) is 17.4. The molecular weight excluding hydrogens is 368 g/mol. The van der Waals surface area contributed by atoms with Crippen molar-refractivity contribution in [3.63, 3.8) is 0 Å². The lowest BCUT2D eigenvalue weighted by molar-refractivity contribution is -0.117. The molecule has 0 saturated carbocycles. The van der Waals surface area contributed by atoms with Crippen molar-refractivity contribution in [2.45, 2.75) is 51.3 Å². The van der Waals surface area contributed by atoms with Gasteiger partial charge in [0.15, 0.2) is 0 Å². The number of rotatable bonds is 8. The lowest BCUT2D eigenvalue weighted by Crippen LogP contribution is -2.28. The number of amides is 2. The Bertz CT molecular complexity index is 837. The van der Waals surface area contributed by atoms with Gasteiger partial charge in [0.25, 0.3) is 0 Å². The van der Waals surface area contributed by atoms with Gasteiger partial charge in [0.2, 0.25) is 11.8 Å². The van der Waals surface area contributed by atoms with E-state index in [0.29, 0.717) is 12.2 Å². The summed E-state index contributed by atoms with van der Waals surface area (Å²) in [4.78, 5) is 26.7. The van der Waals surface area contributed by atoms with E-state index in [9.17, 15) is 9.59 Å². The molecule has 1 N–H and O–H groups in total. The van der Waals surface area contributed by atoms with Crippen LogP contribution in [0.4, 0.5) is 11.4 Å². The minimum Gasteiger partial charge on any atom is -0.326 e. The van der Waals surface area contributed by atoms with Crippen molar-refractivity contribution in [1.29, 1.82) is 0 Å². The summed E-state index contributed by atoms with van der Waals surface area (Å²) >= 11 is 1.64. The SMILES string of the molecule is CCCCC(=O)Nc1cccc(C2SCC(=O)N2c2ccccc2CCC)c1. The van der Waals surface area contributed by atoms with Gasteiger partial charge in [-0.3, -0.25) is 14.5 Å². The molecule has 1 heterocycles. The summed E-state index contributed by atoms with van der Waals surface area (Å²) in [5.41, 5.74) is 4.03. The second kappa shape index (κ2) is 9.78. The number of benzene rings is 2. The van der Waals surface area contributed by atoms with Crippen LogP contribution in [0.5, 0.6) is 0 Å². The fourth-order valence-corrected chi connectivity index (χ4v) is 4.65. The molecule has 5 heteroatoms. The first kappa shape index (κ1) is 20.5. The van der Waals surface area contributed by atoms with Gasteiger partial charge in [0.1, 0.15) is 5.37 Å². The average Bonchev–Trinajstić information content (AvgIpc) is 3.08. The van der Waals surface area contributed by atoms with E-state index >= 15 is 0 Å². The largest absolute Gasteiger partial charge is 0.326 e. The van der Waals surface area contributed by atoms with E-state index in [1.807, 2.05) is 47.4 Å². The minimum absolute atomic E-state index is 0.0410. The lowest BCUT2D eigenvalue weighted by atomic mass is 10.1. The summed E-state index contributed by atoms with van der Waals surface area (Å²) in [6, 6.07) is 16.1. The smallest absolute Gasteiger partial charge is 0.238 e. The normalized spacial score (nSPS) is 16.4. The van der Waals surface area contributed by atoms with Crippen molar-refractivity contribution >= 4 is 35.0 Å². The van der Waals surface area contributed by atoms with Gasteiger partial charge in [0, 0.05) is 17.8 Å². The minimum atomic E-state index is -0.0713. The summed E-state index contributed by atoms with van der Waals surface area (Å²) < 4.78 is 0. The Morgan fingerprint density at radius 1 is 1.14 bits per heavy atom. The van der Waals surface area contributed by atoms with Crippen LogP contribution >= 0.6 is 11.8 Å². The molecule has 0 aliphatic carbocycles. The number of thioether (sulfide) groups is 1. The van der Waals surface area contributed by atoms with Gasteiger partial charge in [0.05, 0.1) is 5.75 Å². The van der Waals surface area contributed by atoms with Crippen molar-refractivity contribution in [1.82, 2.24) is 0 Å². The zero-order chi connectivity index (χ0) is 19.9. The molecule has 1 unspecified atom stereocenters. The van der Waals surface area contributed by atoms with Gasteiger partial charge in [-0.25, -0.2) is 0 Å². The van der Waals surface area contributed by atoms with Gasteiger partial charge >= 0.3 is 0 Å². The summed E-state index contributed by atoms with van der Waals surface area (Å²) in [7, 11) is 0. The van der Waals surface area contributed by atoms with Gasteiger partial charge in [-0.15, -0.1) is 11.8 Å². The van der Waals surface area contributed by atoms with Crippen LogP contribution in [-0.2, 0) is 16.0 Å². The Labute approximate surface area is 171 Å². The molecular formula is C23H28N2O2S. The van der Waals surface area contributed by atoms with E-state index < -0.39 is 0 Å². The topological polar surface area (TPSA) is 49.4 Å². The Hall–Kier alpha value is -2.27. The van der Waals surface area contributed by atoms with Crippen molar-refractivity contribution < 1.29 is 9.59 Å². The van der Waals surface area contributed by atoms with Crippen LogP contribution in [0.1, 0.15) is 56.0 Å². The molecule has 1 saturated heterocycles. The molecule has 0 bridgehead atoms. The number of carbonyl (C=O) groups is 2. The maximum atomic E-state index is 12.7. The highest BCUT2D eigenvalue weighted by Gasteiger charge is 2.35. The third-order valence-corrected chi connectivity index (χ3v) is 6.06. The van der Waals surface area contributed by atoms with Gasteiger partial charge in [-0.1, -0.05) is 57.0 Å². The molecule has 0 radical (unpaired) electrons. The molecule has 1 aliphatic heterocycles. The Balaban J connectivity index is 1.85. The first-order valence-corrected chi connectivity index (χ1v) is 11.1. The van der Waals surface area contributed by atoms with Gasteiger partial charge in [-0.2, -0.15) is 0 Å². The number of unbranched alkanes of at least 4 members (excludes halogenated alkanes) is 1. The first-order chi connectivity index (χ1) is 13.6. The predicted molar refractivity (Wildman–Crippen MR) is 118 cm³/mol. The number of nitrogens with zero attached hydrogens (tertiary/aromatic N) is 1. The third-order valence-electron chi connectivity index (χ3n) is 4.85. The quantitative estimate of drug-likeness (QED) is 0.637. The fourth-order valence-electron chi connectivity index (χ4n) is 3.49. The van der Waals surface area contributed by atoms with Crippen molar-refractivity contribution in [2.24, 2.45) is 0 Å². The molecule has 148 valence electrons. The maximum Gasteiger partial charge on any atom is 0.238 e. The van der Waals surface area contributed by atoms with Crippen LogP contribution in [0, 0.1) is 0 Å². The van der Waals surface area contributed by atoms with Gasteiger partial charge < -0.3 is 5.32 Å². The molecule has 2 amide bonds. The van der Waals surface area contributed by atoms with E-state index in [0.717, 1.165) is 42.6 Å². The van der Waals surface area contributed by atoms with Crippen molar-refractivity contribution in [3.05, 3.63) is 59.7 Å². The molecule has 4 nitrogen and oxygen atoms in total. The number of para-hydroxylation sites is 1. The molecule has 2 aromatic rings. The monoisotopic (exact) mass is 396 g/mol. The van der Waals surface area contributed by atoms with Crippen molar-refractivity contribution in [3.8, 4) is 0 Å². The van der Waals surface area contributed by atoms with E-state index in [2.05, 4.69) is 25.2 Å². The number of hydrogen-bond donors (Lipinski definition) is 1. The van der Waals surface area contributed by atoms with E-state index in [1.165, 1.54) is 5.56 Å². The van der Waals surface area contributed by atoms with Crippen molar-refractivity contribution in [2.75, 3.05) is 16.0 Å². The second-order valence-electron chi connectivity index (χ2n) is 7.08. The van der Waals surface area contributed by atoms with E-state index in [1.54, 1.807) is 11.8 Å². The number of aryl methyl sites for hydroxylation is 1. The summed E-state index contributed by atoms with van der Waals surface area (Å²) in [6.45, 7) is 4.23. The fraction of sp³-hybridized carbons (Fsp3) is 0.391. The molecule has 1 fully saturated rings. The Morgan fingerprint density at radius 2 is 1.96 bits per heavy atom. The van der Waals surface area contributed by atoms with Crippen LogP contribution in [0.25, 0.3) is 0 Å². The summed E-state index contributed by atoms with van der Waals surface area (Å²) in [5.74, 6) is 0.647. The zero-order valence-electron chi connectivity index (χ0n) is 16.6. The molecule has 0 aromatic heterocycles. The lowest BCUT2D eigenvalue weighted by Gasteiger charge is -2.27. The highest BCUT2D eigenvalue weighted by molar-refractivity contribution is 8.00. The molecule has 1 atom stereocenters. The van der Waals surface area contributed by atoms with Gasteiger partial charge in [-0.05, 0) is 42.2 Å². The third kappa shape index (κ3) is 4.76. The standard InChI is InChI=1S/C23H28N2O2S/c1-3-5-14-21(26)24-19-12-8-11-18(15-19)23-25(22(27)16-28-23)20-13-7-6-10-17(20)9-4-2/h6-8,10-13,15,23H,3-5,9,14,16H2,1-2H3,(H,24,26). The second-order valence-corrected chi connectivity index (χ2v) is 8.15. The summed E-state index contributed by atoms with van der Waals surface area (Å²) in [6.07, 6.45) is 4.41. The first-order valence-electron chi connectivity index (χ1n) is 10.1. The average molecular weight is 397 g/mol. The highest BCUT2D eigenvalue weighted by atomic mass is 32.2. The molecule has 0 spiro atoms. The van der Waals surface area contributed by atoms with Crippen LogP contribution in [0.15, 0.2) is 48.5 Å². The Morgan fingerprint density at radius 3 is 2.75 bits per heavy atom. The summed E-state index contributed by atoms with van der Waals surface area (Å²) in [5, 5.41) is 2.92. The number of hydrogen-bond acceptors (Lipinski definition) is 3. The molecule has 28 heavy (non-hydrogen) atoms. The van der Waals surface area contributed by atoms with Crippen LogP contribution < -0.4 is 10.2 Å². The van der Waals surface area contributed by atoms with E-state index in [4.69, 9.17) is 0 Å². The van der Waals surface area contributed by atoms with Crippen LogP contribution in [0.2, 0.25) is 0 Å². The molecule has 3 rings (SSSR count). The maximum absolute atomic E-state index is 12.7. The van der Waals surface area contributed by atoms with Crippen LogP contribution in [-0.4, -0.2) is 17.6 Å². The number of nitrogens with one attached hydrogen (secondary N) is 1. The Kier molecular flexibility index (Phi) is 7.15. The molecule has 1 aliphatic rings. The van der Waals surface area contributed by atoms with Crippen LogP contribution in [0.3, 0.4) is 0 Å². The number of carbonyl (C=O) groups excluding carboxylic acids is 2. The highest BCUT2D eigenvalue weighted by Crippen LogP contribution is 2.43. The number of anilines is 2.